The first-order chi connectivity index (χ1) is 9.70. The Balaban J connectivity index is 2.03. The lowest BCUT2D eigenvalue weighted by molar-refractivity contribution is 0.0948. The number of amides is 1. The minimum Gasteiger partial charge on any atom is -0.348 e. The smallest absolute Gasteiger partial charge is 0.252 e. The van der Waals surface area contributed by atoms with Crippen molar-refractivity contribution in [3.8, 4) is 0 Å². The van der Waals surface area contributed by atoms with Gasteiger partial charge in [-0.15, -0.1) is 11.8 Å². The number of thioether (sulfide) groups is 1. The van der Waals surface area contributed by atoms with Crippen molar-refractivity contribution < 1.29 is 9.18 Å². The van der Waals surface area contributed by atoms with Crippen LogP contribution in [0.3, 0.4) is 0 Å². The second-order valence-corrected chi connectivity index (χ2v) is 5.54. The molecule has 2 aromatic rings. The van der Waals surface area contributed by atoms with E-state index >= 15 is 0 Å². The number of benzene rings is 2. The first-order valence-corrected chi connectivity index (χ1v) is 7.43. The zero-order chi connectivity index (χ0) is 14.4. The molecule has 0 aliphatic carbocycles. The lowest BCUT2D eigenvalue weighted by Gasteiger charge is -2.09. The fraction of sp³-hybridized carbons (Fsp3) is 0.188. The standard InChI is InChI=1S/C16H16FNOS/c1-2-20-15-6-4-3-5-14(15)16(19)18-11-12-7-9-13(17)10-8-12/h3-10H,2,11H2,1H3,(H,18,19). The van der Waals surface area contributed by atoms with Crippen molar-refractivity contribution in [3.63, 3.8) is 0 Å². The average Bonchev–Trinajstić information content (AvgIpc) is 2.47. The van der Waals surface area contributed by atoms with Crippen molar-refractivity contribution in [1.82, 2.24) is 5.32 Å². The summed E-state index contributed by atoms with van der Waals surface area (Å²) in [4.78, 5) is 13.2. The number of hydrogen-bond donors (Lipinski definition) is 1. The van der Waals surface area contributed by atoms with Crippen LogP contribution in [0.15, 0.2) is 53.4 Å². The van der Waals surface area contributed by atoms with E-state index in [1.54, 1.807) is 23.9 Å². The Morgan fingerprint density at radius 2 is 1.85 bits per heavy atom. The Morgan fingerprint density at radius 1 is 1.15 bits per heavy atom. The molecule has 0 spiro atoms. The summed E-state index contributed by atoms with van der Waals surface area (Å²) in [7, 11) is 0. The Hall–Kier alpha value is -1.81. The third kappa shape index (κ3) is 3.84. The van der Waals surface area contributed by atoms with E-state index in [1.165, 1.54) is 12.1 Å². The summed E-state index contributed by atoms with van der Waals surface area (Å²) in [5.74, 6) is 0.540. The molecule has 0 saturated carbocycles. The van der Waals surface area contributed by atoms with Gasteiger partial charge in [-0.05, 0) is 35.6 Å². The Kier molecular flexibility index (Phi) is 5.18. The summed E-state index contributed by atoms with van der Waals surface area (Å²) in [6.07, 6.45) is 0. The molecule has 0 bridgehead atoms. The van der Waals surface area contributed by atoms with Crippen LogP contribution in [-0.4, -0.2) is 11.7 Å². The predicted molar refractivity (Wildman–Crippen MR) is 80.4 cm³/mol. The summed E-state index contributed by atoms with van der Waals surface area (Å²) in [6.45, 7) is 2.45. The normalized spacial score (nSPS) is 10.3. The van der Waals surface area contributed by atoms with Gasteiger partial charge in [0, 0.05) is 11.4 Å². The quantitative estimate of drug-likeness (QED) is 0.847. The van der Waals surface area contributed by atoms with Crippen molar-refractivity contribution in [2.75, 3.05) is 5.75 Å². The summed E-state index contributed by atoms with van der Waals surface area (Å²) in [5, 5.41) is 2.86. The first-order valence-electron chi connectivity index (χ1n) is 6.45. The highest BCUT2D eigenvalue weighted by molar-refractivity contribution is 7.99. The number of hydrogen-bond acceptors (Lipinski definition) is 2. The van der Waals surface area contributed by atoms with Crippen molar-refractivity contribution in [3.05, 3.63) is 65.5 Å². The maximum Gasteiger partial charge on any atom is 0.252 e. The van der Waals surface area contributed by atoms with Crippen LogP contribution in [-0.2, 0) is 6.54 Å². The zero-order valence-electron chi connectivity index (χ0n) is 11.2. The van der Waals surface area contributed by atoms with Crippen molar-refractivity contribution in [2.45, 2.75) is 18.4 Å². The van der Waals surface area contributed by atoms with Gasteiger partial charge < -0.3 is 5.32 Å². The molecular formula is C16H16FNOS. The van der Waals surface area contributed by atoms with Gasteiger partial charge in [-0.1, -0.05) is 31.2 Å². The fourth-order valence-electron chi connectivity index (χ4n) is 1.82. The molecule has 0 aromatic heterocycles. The van der Waals surface area contributed by atoms with Gasteiger partial charge in [0.1, 0.15) is 5.82 Å². The molecule has 104 valence electrons. The topological polar surface area (TPSA) is 29.1 Å². The summed E-state index contributed by atoms with van der Waals surface area (Å²) >= 11 is 1.64. The maximum absolute atomic E-state index is 12.8. The molecule has 0 atom stereocenters. The van der Waals surface area contributed by atoms with E-state index in [4.69, 9.17) is 0 Å². The van der Waals surface area contributed by atoms with Gasteiger partial charge in [-0.3, -0.25) is 4.79 Å². The molecule has 4 heteroatoms. The summed E-state index contributed by atoms with van der Waals surface area (Å²) in [6, 6.07) is 13.7. The molecular weight excluding hydrogens is 273 g/mol. The molecule has 2 nitrogen and oxygen atoms in total. The van der Waals surface area contributed by atoms with E-state index in [0.29, 0.717) is 12.1 Å². The Bertz CT molecular complexity index is 583. The van der Waals surface area contributed by atoms with E-state index in [-0.39, 0.29) is 11.7 Å². The van der Waals surface area contributed by atoms with Gasteiger partial charge in [0.2, 0.25) is 0 Å². The van der Waals surface area contributed by atoms with Crippen molar-refractivity contribution in [1.29, 1.82) is 0 Å². The molecule has 0 radical (unpaired) electrons. The van der Waals surface area contributed by atoms with Crippen LogP contribution in [0.1, 0.15) is 22.8 Å². The van der Waals surface area contributed by atoms with Gasteiger partial charge >= 0.3 is 0 Å². The van der Waals surface area contributed by atoms with E-state index in [9.17, 15) is 9.18 Å². The van der Waals surface area contributed by atoms with Crippen molar-refractivity contribution >= 4 is 17.7 Å². The molecule has 0 aliphatic heterocycles. The minimum absolute atomic E-state index is 0.106. The number of rotatable bonds is 5. The van der Waals surface area contributed by atoms with Gasteiger partial charge in [-0.2, -0.15) is 0 Å². The van der Waals surface area contributed by atoms with Crippen LogP contribution in [0.25, 0.3) is 0 Å². The zero-order valence-corrected chi connectivity index (χ0v) is 12.0. The highest BCUT2D eigenvalue weighted by atomic mass is 32.2. The average molecular weight is 289 g/mol. The molecule has 0 fully saturated rings. The Morgan fingerprint density at radius 3 is 2.55 bits per heavy atom. The number of halogens is 1. The molecule has 0 heterocycles. The van der Waals surface area contributed by atoms with E-state index in [2.05, 4.69) is 12.2 Å². The third-order valence-corrected chi connectivity index (χ3v) is 3.75. The van der Waals surface area contributed by atoms with Crippen LogP contribution in [0, 0.1) is 5.82 Å². The molecule has 0 unspecified atom stereocenters. The maximum atomic E-state index is 12.8. The molecule has 2 rings (SSSR count). The highest BCUT2D eigenvalue weighted by Gasteiger charge is 2.10. The van der Waals surface area contributed by atoms with E-state index < -0.39 is 0 Å². The molecule has 1 amide bonds. The summed E-state index contributed by atoms with van der Waals surface area (Å²) in [5.41, 5.74) is 1.56. The van der Waals surface area contributed by atoms with Crippen LogP contribution >= 0.6 is 11.8 Å². The second kappa shape index (κ2) is 7.10. The minimum atomic E-state index is -0.273. The van der Waals surface area contributed by atoms with E-state index in [1.807, 2.05) is 24.3 Å². The third-order valence-electron chi connectivity index (χ3n) is 2.80. The number of nitrogens with one attached hydrogen (secondary N) is 1. The van der Waals surface area contributed by atoms with Crippen LogP contribution in [0.5, 0.6) is 0 Å². The van der Waals surface area contributed by atoms with Crippen LogP contribution in [0.2, 0.25) is 0 Å². The molecule has 1 N–H and O–H groups in total. The largest absolute Gasteiger partial charge is 0.348 e. The Labute approximate surface area is 122 Å². The predicted octanol–water partition coefficient (Wildman–Crippen LogP) is 3.87. The van der Waals surface area contributed by atoms with Gasteiger partial charge in [-0.25, -0.2) is 4.39 Å². The lowest BCUT2D eigenvalue weighted by Crippen LogP contribution is -2.23. The van der Waals surface area contributed by atoms with E-state index in [0.717, 1.165) is 16.2 Å². The fourth-order valence-corrected chi connectivity index (χ4v) is 2.62. The second-order valence-electron chi connectivity index (χ2n) is 4.24. The molecule has 0 saturated heterocycles. The first kappa shape index (κ1) is 14.6. The monoisotopic (exact) mass is 289 g/mol. The SMILES string of the molecule is CCSc1ccccc1C(=O)NCc1ccc(F)cc1. The highest BCUT2D eigenvalue weighted by Crippen LogP contribution is 2.22. The summed E-state index contributed by atoms with van der Waals surface area (Å²) < 4.78 is 12.8. The molecule has 20 heavy (non-hydrogen) atoms. The molecule has 0 aliphatic rings. The van der Waals surface area contributed by atoms with Crippen LogP contribution in [0.4, 0.5) is 4.39 Å². The molecule has 2 aromatic carbocycles. The number of carbonyl (C=O) groups excluding carboxylic acids is 1. The van der Waals surface area contributed by atoms with Gasteiger partial charge in [0.05, 0.1) is 5.56 Å². The lowest BCUT2D eigenvalue weighted by atomic mass is 10.2. The van der Waals surface area contributed by atoms with Crippen LogP contribution < -0.4 is 5.32 Å². The van der Waals surface area contributed by atoms with Crippen molar-refractivity contribution in [2.24, 2.45) is 0 Å². The van der Waals surface area contributed by atoms with Gasteiger partial charge in [0.15, 0.2) is 0 Å². The number of carbonyl (C=O) groups is 1. The van der Waals surface area contributed by atoms with Gasteiger partial charge in [0.25, 0.3) is 5.91 Å².